The van der Waals surface area contributed by atoms with Crippen molar-refractivity contribution in [3.8, 4) is 0 Å². The third-order valence-electron chi connectivity index (χ3n) is 4.75. The SMILES string of the molecule is c1ccc2c(CCc3cscn3)c(CCN3CCCC3)sc2c1. The predicted molar refractivity (Wildman–Crippen MR) is 101 cm³/mol. The van der Waals surface area contributed by atoms with Gasteiger partial charge in [-0.1, -0.05) is 18.2 Å². The fraction of sp³-hybridized carbons (Fsp3) is 0.421. The van der Waals surface area contributed by atoms with Crippen molar-refractivity contribution in [1.82, 2.24) is 9.88 Å². The summed E-state index contributed by atoms with van der Waals surface area (Å²) < 4.78 is 1.44. The van der Waals surface area contributed by atoms with Gasteiger partial charge in [0.05, 0.1) is 11.2 Å². The van der Waals surface area contributed by atoms with E-state index in [1.165, 1.54) is 54.7 Å². The Kier molecular flexibility index (Phi) is 4.74. The normalized spacial score (nSPS) is 15.7. The van der Waals surface area contributed by atoms with E-state index in [2.05, 4.69) is 39.5 Å². The number of nitrogens with zero attached hydrogens (tertiary/aromatic N) is 2. The van der Waals surface area contributed by atoms with E-state index >= 15 is 0 Å². The molecule has 1 saturated heterocycles. The number of fused-ring (bicyclic) bond motifs is 1. The molecule has 1 aliphatic rings. The third-order valence-corrected chi connectivity index (χ3v) is 6.66. The first-order valence-corrected chi connectivity index (χ1v) is 10.2. The molecule has 23 heavy (non-hydrogen) atoms. The summed E-state index contributed by atoms with van der Waals surface area (Å²) in [6.45, 7) is 3.80. The quantitative estimate of drug-likeness (QED) is 0.641. The van der Waals surface area contributed by atoms with Gasteiger partial charge in [-0.25, -0.2) is 4.98 Å². The second-order valence-electron chi connectivity index (χ2n) is 6.28. The van der Waals surface area contributed by atoms with E-state index in [4.69, 9.17) is 0 Å². The summed E-state index contributed by atoms with van der Waals surface area (Å²) in [5.41, 5.74) is 4.74. The number of rotatable bonds is 6. The van der Waals surface area contributed by atoms with Crippen LogP contribution < -0.4 is 0 Å². The molecule has 120 valence electrons. The van der Waals surface area contributed by atoms with Crippen LogP contribution in [0.25, 0.3) is 10.1 Å². The average Bonchev–Trinajstić information content (AvgIpc) is 3.31. The number of hydrogen-bond acceptors (Lipinski definition) is 4. The maximum Gasteiger partial charge on any atom is 0.0794 e. The van der Waals surface area contributed by atoms with Crippen LogP contribution >= 0.6 is 22.7 Å². The van der Waals surface area contributed by atoms with E-state index in [1.807, 2.05) is 16.8 Å². The van der Waals surface area contributed by atoms with Crippen molar-refractivity contribution in [3.05, 3.63) is 51.3 Å². The second-order valence-corrected chi connectivity index (χ2v) is 8.13. The molecule has 0 spiro atoms. The van der Waals surface area contributed by atoms with Crippen LogP contribution in [0.3, 0.4) is 0 Å². The largest absolute Gasteiger partial charge is 0.303 e. The molecule has 0 N–H and O–H groups in total. The van der Waals surface area contributed by atoms with Crippen molar-refractivity contribution in [1.29, 1.82) is 0 Å². The minimum atomic E-state index is 1.06. The second kappa shape index (κ2) is 7.12. The van der Waals surface area contributed by atoms with Crippen LogP contribution in [0.2, 0.25) is 0 Å². The maximum absolute atomic E-state index is 4.45. The molecule has 1 fully saturated rings. The summed E-state index contributed by atoms with van der Waals surface area (Å²) in [6, 6.07) is 8.90. The van der Waals surface area contributed by atoms with Gasteiger partial charge >= 0.3 is 0 Å². The molecule has 3 heterocycles. The summed E-state index contributed by atoms with van der Waals surface area (Å²) >= 11 is 3.70. The lowest BCUT2D eigenvalue weighted by molar-refractivity contribution is 0.344. The zero-order valence-corrected chi connectivity index (χ0v) is 15.0. The molecule has 2 nitrogen and oxygen atoms in total. The van der Waals surface area contributed by atoms with Crippen molar-refractivity contribution in [3.63, 3.8) is 0 Å². The number of thiazole rings is 1. The van der Waals surface area contributed by atoms with Crippen molar-refractivity contribution in [2.24, 2.45) is 0 Å². The minimum absolute atomic E-state index is 1.06. The van der Waals surface area contributed by atoms with Gasteiger partial charge in [-0.2, -0.15) is 0 Å². The molecule has 0 unspecified atom stereocenters. The maximum atomic E-state index is 4.45. The zero-order valence-electron chi connectivity index (χ0n) is 13.3. The lowest BCUT2D eigenvalue weighted by Gasteiger charge is -2.14. The first-order valence-electron chi connectivity index (χ1n) is 8.49. The topological polar surface area (TPSA) is 16.1 Å². The van der Waals surface area contributed by atoms with E-state index < -0.39 is 0 Å². The third kappa shape index (κ3) is 3.49. The van der Waals surface area contributed by atoms with Gasteiger partial charge in [0.25, 0.3) is 0 Å². The van der Waals surface area contributed by atoms with E-state index in [1.54, 1.807) is 21.8 Å². The van der Waals surface area contributed by atoms with E-state index in [-0.39, 0.29) is 0 Å². The fourth-order valence-electron chi connectivity index (χ4n) is 3.51. The lowest BCUT2D eigenvalue weighted by atomic mass is 10.0. The van der Waals surface area contributed by atoms with Crippen LogP contribution in [0, 0.1) is 0 Å². The highest BCUT2D eigenvalue weighted by atomic mass is 32.1. The lowest BCUT2D eigenvalue weighted by Crippen LogP contribution is -2.21. The molecule has 3 aromatic rings. The number of thiophene rings is 1. The minimum Gasteiger partial charge on any atom is -0.303 e. The van der Waals surface area contributed by atoms with Crippen LogP contribution in [0.5, 0.6) is 0 Å². The number of hydrogen-bond donors (Lipinski definition) is 0. The highest BCUT2D eigenvalue weighted by Crippen LogP contribution is 2.33. The Morgan fingerprint density at radius 3 is 2.74 bits per heavy atom. The smallest absolute Gasteiger partial charge is 0.0794 e. The van der Waals surface area contributed by atoms with Crippen LogP contribution in [-0.4, -0.2) is 29.5 Å². The molecule has 0 aliphatic carbocycles. The van der Waals surface area contributed by atoms with Crippen molar-refractivity contribution in [2.75, 3.05) is 19.6 Å². The Labute approximate surface area is 145 Å². The Hall–Kier alpha value is -1.23. The summed E-state index contributed by atoms with van der Waals surface area (Å²) in [4.78, 5) is 8.66. The van der Waals surface area contributed by atoms with Gasteiger partial charge in [0.2, 0.25) is 0 Å². The van der Waals surface area contributed by atoms with E-state index in [0.717, 1.165) is 12.8 Å². The highest BCUT2D eigenvalue weighted by Gasteiger charge is 2.15. The molecule has 2 aromatic heterocycles. The summed E-state index contributed by atoms with van der Waals surface area (Å²) in [5.74, 6) is 0. The first-order chi connectivity index (χ1) is 11.4. The first kappa shape index (κ1) is 15.3. The number of aromatic nitrogens is 1. The molecule has 0 radical (unpaired) electrons. The Bertz CT molecular complexity index is 755. The number of likely N-dealkylation sites (tertiary alicyclic amines) is 1. The van der Waals surface area contributed by atoms with Gasteiger partial charge in [0.1, 0.15) is 0 Å². The van der Waals surface area contributed by atoms with Gasteiger partial charge in [-0.15, -0.1) is 22.7 Å². The molecule has 0 atom stereocenters. The van der Waals surface area contributed by atoms with Crippen LogP contribution in [0.4, 0.5) is 0 Å². The van der Waals surface area contributed by atoms with Gasteiger partial charge in [0.15, 0.2) is 0 Å². The molecular weight excluding hydrogens is 320 g/mol. The average molecular weight is 343 g/mol. The monoisotopic (exact) mass is 342 g/mol. The molecule has 0 bridgehead atoms. The van der Waals surface area contributed by atoms with E-state index in [0.29, 0.717) is 0 Å². The Morgan fingerprint density at radius 2 is 1.91 bits per heavy atom. The number of aryl methyl sites for hydroxylation is 2. The van der Waals surface area contributed by atoms with Crippen molar-refractivity contribution < 1.29 is 0 Å². The van der Waals surface area contributed by atoms with E-state index in [9.17, 15) is 0 Å². The molecule has 1 aromatic carbocycles. The van der Waals surface area contributed by atoms with Crippen LogP contribution in [0.15, 0.2) is 35.2 Å². The Morgan fingerprint density at radius 1 is 1.04 bits per heavy atom. The van der Waals surface area contributed by atoms with Gasteiger partial charge in [-0.05, 0) is 62.2 Å². The van der Waals surface area contributed by atoms with Gasteiger partial charge in [0, 0.05) is 21.5 Å². The van der Waals surface area contributed by atoms with Crippen molar-refractivity contribution in [2.45, 2.75) is 32.1 Å². The number of benzene rings is 1. The zero-order chi connectivity index (χ0) is 15.5. The molecule has 0 saturated carbocycles. The standard InChI is InChI=1S/C19H22N2S2/c1-2-6-18-16(5-1)17(8-7-15-13-22-14-20-15)19(23-18)9-12-21-10-3-4-11-21/h1-2,5-6,13-14H,3-4,7-12H2. The van der Waals surface area contributed by atoms with Gasteiger partial charge in [-0.3, -0.25) is 0 Å². The molecule has 4 rings (SSSR count). The molecule has 4 heteroatoms. The molecule has 0 amide bonds. The molecule has 1 aliphatic heterocycles. The summed E-state index contributed by atoms with van der Waals surface area (Å²) in [7, 11) is 0. The van der Waals surface area contributed by atoms with Crippen molar-refractivity contribution >= 4 is 32.8 Å². The fourth-order valence-corrected chi connectivity index (χ4v) is 5.34. The molecular formula is C19H22N2S2. The Balaban J connectivity index is 1.55. The highest BCUT2D eigenvalue weighted by molar-refractivity contribution is 7.19. The van der Waals surface area contributed by atoms with Gasteiger partial charge < -0.3 is 4.90 Å². The summed E-state index contributed by atoms with van der Waals surface area (Å²) in [6.07, 6.45) is 6.13. The van der Waals surface area contributed by atoms with Crippen LogP contribution in [-0.2, 0) is 19.3 Å². The summed E-state index contributed by atoms with van der Waals surface area (Å²) in [5, 5.41) is 3.64. The van der Waals surface area contributed by atoms with Crippen LogP contribution in [0.1, 0.15) is 29.0 Å². The predicted octanol–water partition coefficient (Wildman–Crippen LogP) is 4.78.